The summed E-state index contributed by atoms with van der Waals surface area (Å²) in [6.07, 6.45) is 1.84. The number of aromatic nitrogens is 2. The first-order chi connectivity index (χ1) is 9.73. The molecule has 1 aliphatic heterocycles. The van der Waals surface area contributed by atoms with Gasteiger partial charge in [-0.1, -0.05) is 19.9 Å². The van der Waals surface area contributed by atoms with Crippen molar-refractivity contribution in [1.29, 1.82) is 0 Å². The first-order valence-corrected chi connectivity index (χ1v) is 8.56. The number of aryl methyl sites for hydroxylation is 1. The molecule has 0 bridgehead atoms. The van der Waals surface area contributed by atoms with Gasteiger partial charge in [0.25, 0.3) is 0 Å². The molecule has 0 spiro atoms. The second kappa shape index (κ2) is 5.88. The lowest BCUT2D eigenvalue weighted by atomic mass is 10.2. The second-order valence-electron chi connectivity index (χ2n) is 5.85. The van der Waals surface area contributed by atoms with Crippen LogP contribution < -0.4 is 0 Å². The molecule has 2 rings (SSSR count). The normalized spacial score (nSPS) is 17.3. The Morgan fingerprint density at radius 3 is 2.62 bits per heavy atom. The van der Waals surface area contributed by atoms with Crippen LogP contribution in [-0.2, 0) is 16.6 Å². The molecular weight excluding hydrogens is 293 g/mol. The average Bonchev–Trinajstić information content (AvgIpc) is 2.64. The molecule has 0 unspecified atom stereocenters. The van der Waals surface area contributed by atoms with Crippen molar-refractivity contribution in [1.82, 2.24) is 14.1 Å². The largest absolute Gasteiger partial charge is 0.268 e. The molecule has 1 aromatic heterocycles. The number of hydrogen-bond acceptors (Lipinski definition) is 3. The Morgan fingerprint density at radius 1 is 1.38 bits per heavy atom. The highest BCUT2D eigenvalue weighted by Crippen LogP contribution is 2.26. The quantitative estimate of drug-likeness (QED) is 0.857. The van der Waals surface area contributed by atoms with Gasteiger partial charge >= 0.3 is 0 Å². The van der Waals surface area contributed by atoms with Gasteiger partial charge < -0.3 is 0 Å². The number of nitrogens with zero attached hydrogens (tertiary/aromatic N) is 3. The van der Waals surface area contributed by atoms with Gasteiger partial charge in [0.05, 0.1) is 17.9 Å². The smallest absolute Gasteiger partial charge is 0.247 e. The zero-order valence-corrected chi connectivity index (χ0v) is 13.7. The molecule has 5 nitrogen and oxygen atoms in total. The summed E-state index contributed by atoms with van der Waals surface area (Å²) in [5.41, 5.74) is 1.10. The van der Waals surface area contributed by atoms with E-state index in [9.17, 15) is 12.8 Å². The predicted molar refractivity (Wildman–Crippen MR) is 79.1 cm³/mol. The monoisotopic (exact) mass is 315 g/mol. The molecule has 0 aliphatic carbocycles. The van der Waals surface area contributed by atoms with Gasteiger partial charge in [0.15, 0.2) is 0 Å². The SMILES string of the molecule is Cc1nn(CC(C)C)c(C)c1S(=O)(=O)N1CCC=C(F)C1. The van der Waals surface area contributed by atoms with Gasteiger partial charge in [-0.15, -0.1) is 0 Å². The molecule has 0 atom stereocenters. The van der Waals surface area contributed by atoms with E-state index in [1.807, 2.05) is 0 Å². The van der Waals surface area contributed by atoms with Gasteiger partial charge in [-0.2, -0.15) is 9.40 Å². The number of sulfonamides is 1. The Balaban J connectivity index is 2.41. The minimum Gasteiger partial charge on any atom is -0.268 e. The lowest BCUT2D eigenvalue weighted by molar-refractivity contribution is 0.387. The van der Waals surface area contributed by atoms with Crippen LogP contribution in [-0.4, -0.2) is 35.6 Å². The van der Waals surface area contributed by atoms with Crippen LogP contribution in [0.25, 0.3) is 0 Å². The van der Waals surface area contributed by atoms with Crippen LogP contribution in [0.4, 0.5) is 4.39 Å². The molecule has 1 aromatic rings. The third-order valence-electron chi connectivity index (χ3n) is 3.52. The lowest BCUT2D eigenvalue weighted by Gasteiger charge is -2.24. The van der Waals surface area contributed by atoms with Crippen molar-refractivity contribution in [2.75, 3.05) is 13.1 Å². The second-order valence-corrected chi connectivity index (χ2v) is 7.73. The summed E-state index contributed by atoms with van der Waals surface area (Å²) in [5.74, 6) is -0.0244. The first kappa shape index (κ1) is 16.2. The molecule has 0 saturated carbocycles. The topological polar surface area (TPSA) is 55.2 Å². The average molecular weight is 315 g/mol. The van der Waals surface area contributed by atoms with Gasteiger partial charge in [0.1, 0.15) is 10.7 Å². The zero-order chi connectivity index (χ0) is 15.8. The van der Waals surface area contributed by atoms with Crippen LogP contribution >= 0.6 is 0 Å². The van der Waals surface area contributed by atoms with Gasteiger partial charge in [-0.05, 0) is 26.2 Å². The Labute approximate surface area is 125 Å². The molecule has 0 N–H and O–H groups in total. The first-order valence-electron chi connectivity index (χ1n) is 7.12. The van der Waals surface area contributed by atoms with Crippen LogP contribution in [0.3, 0.4) is 0 Å². The van der Waals surface area contributed by atoms with Gasteiger partial charge in [-0.25, -0.2) is 12.8 Å². The molecule has 0 amide bonds. The summed E-state index contributed by atoms with van der Waals surface area (Å²) in [6, 6.07) is 0. The highest BCUT2D eigenvalue weighted by Gasteiger charge is 2.32. The fourth-order valence-electron chi connectivity index (χ4n) is 2.59. The molecule has 118 valence electrons. The van der Waals surface area contributed by atoms with Gasteiger partial charge in [-0.3, -0.25) is 4.68 Å². The van der Waals surface area contributed by atoms with Crippen molar-refractivity contribution in [2.24, 2.45) is 5.92 Å². The van der Waals surface area contributed by atoms with Crippen molar-refractivity contribution >= 4 is 10.0 Å². The summed E-state index contributed by atoms with van der Waals surface area (Å²) in [6.45, 7) is 8.33. The van der Waals surface area contributed by atoms with E-state index in [1.54, 1.807) is 18.5 Å². The fourth-order valence-corrected chi connectivity index (χ4v) is 4.38. The molecule has 7 heteroatoms. The Morgan fingerprint density at radius 2 is 2.05 bits per heavy atom. The predicted octanol–water partition coefficient (Wildman–Crippen LogP) is 2.40. The van der Waals surface area contributed by atoms with E-state index >= 15 is 0 Å². The van der Waals surface area contributed by atoms with Crippen LogP contribution in [0.1, 0.15) is 31.7 Å². The molecule has 1 aliphatic rings. The Hall–Kier alpha value is -1.21. The molecule has 0 saturated heterocycles. The molecule has 21 heavy (non-hydrogen) atoms. The summed E-state index contributed by atoms with van der Waals surface area (Å²) in [7, 11) is -3.70. The minimum atomic E-state index is -3.70. The lowest BCUT2D eigenvalue weighted by Crippen LogP contribution is -2.35. The van der Waals surface area contributed by atoms with Crippen molar-refractivity contribution < 1.29 is 12.8 Å². The summed E-state index contributed by atoms with van der Waals surface area (Å²) < 4.78 is 41.8. The highest BCUT2D eigenvalue weighted by molar-refractivity contribution is 7.89. The zero-order valence-electron chi connectivity index (χ0n) is 12.9. The van der Waals surface area contributed by atoms with E-state index in [0.29, 0.717) is 36.8 Å². The minimum absolute atomic E-state index is 0.184. The third-order valence-corrected chi connectivity index (χ3v) is 5.62. The number of hydrogen-bond donors (Lipinski definition) is 0. The molecule has 0 aromatic carbocycles. The maximum atomic E-state index is 13.4. The molecule has 0 radical (unpaired) electrons. The summed E-state index contributed by atoms with van der Waals surface area (Å²) in [5, 5.41) is 4.33. The van der Waals surface area contributed by atoms with E-state index in [1.165, 1.54) is 10.4 Å². The van der Waals surface area contributed by atoms with Crippen LogP contribution in [0, 0.1) is 19.8 Å². The molecule has 0 fully saturated rings. The van der Waals surface area contributed by atoms with Crippen LogP contribution in [0.15, 0.2) is 16.8 Å². The third kappa shape index (κ3) is 3.18. The van der Waals surface area contributed by atoms with Crippen molar-refractivity contribution in [2.45, 2.75) is 45.6 Å². The Kier molecular flexibility index (Phi) is 4.53. The maximum Gasteiger partial charge on any atom is 0.247 e. The van der Waals surface area contributed by atoms with E-state index in [4.69, 9.17) is 0 Å². The Bertz CT molecular complexity index is 662. The molecule has 2 heterocycles. The number of halogens is 1. The fraction of sp³-hybridized carbons (Fsp3) is 0.643. The van der Waals surface area contributed by atoms with E-state index in [2.05, 4.69) is 18.9 Å². The molecular formula is C14H22FN3O2S. The van der Waals surface area contributed by atoms with Crippen LogP contribution in [0.5, 0.6) is 0 Å². The van der Waals surface area contributed by atoms with Crippen molar-refractivity contribution in [3.8, 4) is 0 Å². The maximum absolute atomic E-state index is 13.4. The van der Waals surface area contributed by atoms with Crippen molar-refractivity contribution in [3.05, 3.63) is 23.3 Å². The van der Waals surface area contributed by atoms with Gasteiger partial charge in [0, 0.05) is 13.1 Å². The standard InChI is InChI=1S/C14H22FN3O2S/c1-10(2)8-18-12(4)14(11(3)16-18)21(19,20)17-7-5-6-13(15)9-17/h6,10H,5,7-9H2,1-4H3. The van der Waals surface area contributed by atoms with Gasteiger partial charge in [0.2, 0.25) is 10.0 Å². The summed E-state index contributed by atoms with van der Waals surface area (Å²) >= 11 is 0. The number of rotatable bonds is 4. The summed E-state index contributed by atoms with van der Waals surface area (Å²) in [4.78, 5) is 0.220. The van der Waals surface area contributed by atoms with E-state index < -0.39 is 15.9 Å². The highest BCUT2D eigenvalue weighted by atomic mass is 32.2. The van der Waals surface area contributed by atoms with E-state index in [-0.39, 0.29) is 11.4 Å². The van der Waals surface area contributed by atoms with Crippen LogP contribution in [0.2, 0.25) is 0 Å². The van der Waals surface area contributed by atoms with Crippen molar-refractivity contribution in [3.63, 3.8) is 0 Å². The van der Waals surface area contributed by atoms with E-state index in [0.717, 1.165) is 0 Å².